The van der Waals surface area contributed by atoms with Gasteiger partial charge in [0.25, 0.3) is 0 Å². The Kier molecular flexibility index (Phi) is 24.4. The van der Waals surface area contributed by atoms with Gasteiger partial charge in [-0.1, -0.05) is 12.8 Å². The number of rotatable bonds is 31. The fraction of sp³-hybridized carbons (Fsp3) is 1.00. The molecule has 2 aliphatic rings. The smallest absolute Gasteiger partial charge is 0.388 e. The standard InChI is InChI=1S/C34H69BN2O17P2/c1-25-28(38)30(53-34(5,6)7)27(51-25)23-50-55(40,41)49-21-20-46-19-18-45-17-16-44-15-13-37-24-36-12-10-8-9-11-14-48-56(42,43)54-31-26(22-47-33(2,3)4)52-32(35)29(31)39/h25-32,36-39H,8-24H2,1-7H3,(H,40,41)(H,42,43)/t25-,26+,27+,28+,29-,30?,31?,32+/m0/s1. The van der Waals surface area contributed by atoms with Crippen molar-refractivity contribution in [1.29, 1.82) is 0 Å². The molecule has 2 fully saturated rings. The van der Waals surface area contributed by atoms with E-state index in [-0.39, 0.29) is 39.6 Å². The first-order valence-corrected chi connectivity index (χ1v) is 22.4. The predicted molar refractivity (Wildman–Crippen MR) is 205 cm³/mol. The van der Waals surface area contributed by atoms with Crippen LogP contribution >= 0.6 is 15.6 Å². The Labute approximate surface area is 334 Å². The molecule has 0 spiro atoms. The van der Waals surface area contributed by atoms with Crippen molar-refractivity contribution in [2.24, 2.45) is 0 Å². The summed E-state index contributed by atoms with van der Waals surface area (Å²) in [6.45, 7) is 16.5. The van der Waals surface area contributed by atoms with Crippen molar-refractivity contribution < 1.29 is 80.4 Å². The van der Waals surface area contributed by atoms with Crippen LogP contribution < -0.4 is 10.6 Å². The zero-order valence-electron chi connectivity index (χ0n) is 34.2. The maximum Gasteiger partial charge on any atom is 0.472 e. The van der Waals surface area contributed by atoms with Gasteiger partial charge in [-0.2, -0.15) is 0 Å². The van der Waals surface area contributed by atoms with Crippen LogP contribution in [0.25, 0.3) is 0 Å². The van der Waals surface area contributed by atoms with Crippen molar-refractivity contribution in [2.45, 2.75) is 134 Å². The van der Waals surface area contributed by atoms with Crippen LogP contribution in [-0.4, -0.2) is 174 Å². The fourth-order valence-electron chi connectivity index (χ4n) is 5.41. The van der Waals surface area contributed by atoms with E-state index in [0.29, 0.717) is 46.1 Å². The minimum absolute atomic E-state index is 0.0315. The Balaban J connectivity index is 1.35. The lowest BCUT2D eigenvalue weighted by atomic mass is 9.93. The molecule has 2 saturated heterocycles. The second kappa shape index (κ2) is 26.2. The highest BCUT2D eigenvalue weighted by molar-refractivity contribution is 7.47. The zero-order chi connectivity index (χ0) is 41.8. The van der Waals surface area contributed by atoms with Crippen LogP contribution in [0.3, 0.4) is 0 Å². The molecule has 2 aliphatic heterocycles. The number of aliphatic hydroxyl groups excluding tert-OH is 2. The van der Waals surface area contributed by atoms with Gasteiger partial charge in [-0.05, 0) is 67.9 Å². The maximum absolute atomic E-state index is 12.5. The van der Waals surface area contributed by atoms with Crippen LogP contribution in [-0.2, 0) is 60.4 Å². The third-order valence-corrected chi connectivity index (χ3v) is 10.2. The zero-order valence-corrected chi connectivity index (χ0v) is 36.0. The number of aliphatic hydroxyl groups is 2. The first-order chi connectivity index (χ1) is 26.2. The molecule has 2 radical (unpaired) electrons. The van der Waals surface area contributed by atoms with Gasteiger partial charge < -0.3 is 63.8 Å². The van der Waals surface area contributed by atoms with Gasteiger partial charge in [-0.25, -0.2) is 9.13 Å². The highest BCUT2D eigenvalue weighted by atomic mass is 31.2. The number of nitrogens with one attached hydrogen (secondary N) is 2. The Hall–Kier alpha value is -0.155. The average Bonchev–Trinajstić information content (AvgIpc) is 3.51. The summed E-state index contributed by atoms with van der Waals surface area (Å²) in [5.74, 6) is 0. The first kappa shape index (κ1) is 52.0. The minimum atomic E-state index is -4.44. The number of phosphoric ester groups is 2. The number of ether oxygens (including phenoxy) is 7. The molecule has 0 bridgehead atoms. The third kappa shape index (κ3) is 23.0. The van der Waals surface area contributed by atoms with Crippen molar-refractivity contribution in [3.63, 3.8) is 0 Å². The van der Waals surface area contributed by atoms with Crippen molar-refractivity contribution in [1.82, 2.24) is 10.6 Å². The molecular formula is C34H69BN2O17P2. The van der Waals surface area contributed by atoms with Crippen LogP contribution in [0, 0.1) is 0 Å². The molecule has 19 nitrogen and oxygen atoms in total. The third-order valence-electron chi connectivity index (χ3n) is 8.17. The van der Waals surface area contributed by atoms with Gasteiger partial charge in [-0.15, -0.1) is 0 Å². The van der Waals surface area contributed by atoms with Gasteiger partial charge in [0, 0.05) is 19.2 Å². The lowest BCUT2D eigenvalue weighted by Gasteiger charge is -2.29. The van der Waals surface area contributed by atoms with E-state index in [9.17, 15) is 29.1 Å². The number of unbranched alkanes of at least 4 members (excludes halogenated alkanes) is 3. The average molecular weight is 851 g/mol. The molecule has 2 heterocycles. The summed E-state index contributed by atoms with van der Waals surface area (Å²) in [6.07, 6.45) is -2.90. The minimum Gasteiger partial charge on any atom is -0.388 e. The number of phosphoric acid groups is 2. The lowest BCUT2D eigenvalue weighted by Crippen LogP contribution is -2.41. The topological polar surface area (TPSA) is 241 Å². The molecule has 56 heavy (non-hydrogen) atoms. The van der Waals surface area contributed by atoms with Gasteiger partial charge >= 0.3 is 15.6 Å². The van der Waals surface area contributed by atoms with Gasteiger partial charge in [0.15, 0.2) is 0 Å². The van der Waals surface area contributed by atoms with E-state index in [2.05, 4.69) is 10.6 Å². The van der Waals surface area contributed by atoms with Crippen LogP contribution in [0.2, 0.25) is 0 Å². The van der Waals surface area contributed by atoms with E-state index in [1.54, 1.807) is 6.92 Å². The van der Waals surface area contributed by atoms with E-state index in [1.807, 2.05) is 41.5 Å². The SMILES string of the molecule is [B][C@@H]1O[C@H](COC(C)(C)C)C(OP(=O)(O)OCCCCCCNCNCCOCCOCCOCCOP(=O)(O)OC[C@H]2O[C@@H](C)[C@@H](O)C2OC(C)(C)C)[C@@H]1O. The molecule has 0 amide bonds. The maximum atomic E-state index is 12.5. The van der Waals surface area contributed by atoms with E-state index >= 15 is 0 Å². The van der Waals surface area contributed by atoms with E-state index in [4.69, 9.17) is 59.1 Å². The number of hydrogen-bond donors (Lipinski definition) is 6. The van der Waals surface area contributed by atoms with Gasteiger partial charge in [0.2, 0.25) is 0 Å². The normalized spacial score (nSPS) is 28.1. The quantitative estimate of drug-likeness (QED) is 0.0252. The monoisotopic (exact) mass is 850 g/mol. The van der Waals surface area contributed by atoms with Crippen molar-refractivity contribution in [3.05, 3.63) is 0 Å². The number of hydrogen-bond acceptors (Lipinski definition) is 17. The molecule has 0 aromatic carbocycles. The summed E-state index contributed by atoms with van der Waals surface area (Å²) < 4.78 is 84.1. The van der Waals surface area contributed by atoms with Gasteiger partial charge in [0.1, 0.15) is 44.5 Å². The van der Waals surface area contributed by atoms with Crippen molar-refractivity contribution in [2.75, 3.05) is 85.8 Å². The largest absolute Gasteiger partial charge is 0.472 e. The Morgan fingerprint density at radius 1 is 0.643 bits per heavy atom. The summed E-state index contributed by atoms with van der Waals surface area (Å²) >= 11 is 0. The second-order valence-corrected chi connectivity index (χ2v) is 18.4. The highest BCUT2D eigenvalue weighted by Crippen LogP contribution is 2.47. The molecule has 10 atom stereocenters. The molecule has 0 saturated carbocycles. The van der Waals surface area contributed by atoms with Gasteiger partial charge in [-0.3, -0.25) is 18.1 Å². The van der Waals surface area contributed by atoms with Crippen LogP contribution in [0.1, 0.15) is 74.1 Å². The van der Waals surface area contributed by atoms with E-state index in [1.165, 1.54) is 0 Å². The fourth-order valence-corrected chi connectivity index (χ4v) is 7.11. The molecule has 0 aromatic rings. The Morgan fingerprint density at radius 3 is 1.86 bits per heavy atom. The summed E-state index contributed by atoms with van der Waals surface area (Å²) in [4.78, 5) is 20.2. The van der Waals surface area contributed by atoms with Gasteiger partial charge in [0.05, 0.1) is 83.4 Å². The molecule has 0 aromatic heterocycles. The Morgan fingerprint density at radius 2 is 1.21 bits per heavy atom. The summed E-state index contributed by atoms with van der Waals surface area (Å²) in [5, 5.41) is 27.1. The molecular weight excluding hydrogens is 781 g/mol. The predicted octanol–water partition coefficient (Wildman–Crippen LogP) is 1.77. The molecule has 4 unspecified atom stereocenters. The van der Waals surface area contributed by atoms with Crippen molar-refractivity contribution in [3.8, 4) is 0 Å². The molecule has 6 N–H and O–H groups in total. The van der Waals surface area contributed by atoms with Crippen LogP contribution in [0.5, 0.6) is 0 Å². The molecule has 330 valence electrons. The summed E-state index contributed by atoms with van der Waals surface area (Å²) in [6, 6.07) is -1.06. The molecule has 0 aliphatic carbocycles. The molecule has 22 heteroatoms. The van der Waals surface area contributed by atoms with E-state index < -0.39 is 75.6 Å². The highest BCUT2D eigenvalue weighted by Gasteiger charge is 2.47. The summed E-state index contributed by atoms with van der Waals surface area (Å²) in [5.41, 5.74) is -1.03. The van der Waals surface area contributed by atoms with Crippen molar-refractivity contribution >= 4 is 23.5 Å². The first-order valence-electron chi connectivity index (χ1n) is 19.4. The lowest BCUT2D eigenvalue weighted by molar-refractivity contribution is -0.119. The second-order valence-electron chi connectivity index (χ2n) is 15.5. The van der Waals surface area contributed by atoms with Crippen LogP contribution in [0.15, 0.2) is 0 Å². The van der Waals surface area contributed by atoms with E-state index in [0.717, 1.165) is 25.8 Å². The molecule has 2 rings (SSSR count). The Bertz CT molecular complexity index is 1150. The van der Waals surface area contributed by atoms with Crippen LogP contribution in [0.4, 0.5) is 0 Å². The summed E-state index contributed by atoms with van der Waals surface area (Å²) in [7, 11) is -3.06.